The maximum atomic E-state index is 5.90. The zero-order valence-electron chi connectivity index (χ0n) is 10.5. The summed E-state index contributed by atoms with van der Waals surface area (Å²) in [5.41, 5.74) is 9.77. The number of pyridine rings is 1. The van der Waals surface area contributed by atoms with Crippen LogP contribution in [0.4, 0.5) is 5.69 Å². The van der Waals surface area contributed by atoms with E-state index in [0.717, 1.165) is 32.4 Å². The number of hydrogen-bond donors (Lipinski definition) is 2. The number of imidazole rings is 1. The summed E-state index contributed by atoms with van der Waals surface area (Å²) in [7, 11) is 0. The molecule has 4 rings (SSSR count). The number of hydrogen-bond acceptors (Lipinski definition) is 2. The first-order chi connectivity index (χ1) is 9.74. The van der Waals surface area contributed by atoms with Crippen LogP contribution in [0.3, 0.4) is 0 Å². The van der Waals surface area contributed by atoms with Crippen molar-refractivity contribution < 1.29 is 0 Å². The number of nitrogens with one attached hydrogen (secondary N) is 1. The number of H-pyrrole nitrogens is 1. The molecule has 4 aromatic rings. The molecule has 0 aliphatic carbocycles. The molecule has 3 N–H and O–H groups in total. The van der Waals surface area contributed by atoms with Crippen molar-refractivity contribution in [3.05, 3.63) is 53.4 Å². The second-order valence-electron chi connectivity index (χ2n) is 4.69. The van der Waals surface area contributed by atoms with Gasteiger partial charge in [0, 0.05) is 34.5 Å². The molecule has 0 bridgehead atoms. The highest BCUT2D eigenvalue weighted by molar-refractivity contribution is 9.10. The Bertz CT molecular complexity index is 936. The Hall–Kier alpha value is -2.27. The van der Waals surface area contributed by atoms with Crippen LogP contribution < -0.4 is 5.73 Å². The van der Waals surface area contributed by atoms with Crippen molar-refractivity contribution in [1.82, 2.24) is 14.4 Å². The molecule has 0 atom stereocenters. The summed E-state index contributed by atoms with van der Waals surface area (Å²) >= 11 is 3.51. The predicted octanol–water partition coefficient (Wildman–Crippen LogP) is 3.83. The van der Waals surface area contributed by atoms with Crippen LogP contribution in [0.15, 0.2) is 53.4 Å². The fourth-order valence-electron chi connectivity index (χ4n) is 2.51. The molecule has 3 heterocycles. The Kier molecular flexibility index (Phi) is 2.37. The molecule has 0 saturated carbocycles. The first-order valence-electron chi connectivity index (χ1n) is 6.23. The molecule has 3 aromatic heterocycles. The number of benzene rings is 1. The number of nitrogen functional groups attached to an aromatic ring is 1. The van der Waals surface area contributed by atoms with E-state index >= 15 is 0 Å². The van der Waals surface area contributed by atoms with Gasteiger partial charge in [-0.05, 0) is 34.1 Å². The SMILES string of the molecule is Nc1ccc2c(Br)nc(-c3c[nH]c4ccccc34)n2c1. The minimum atomic E-state index is 0.712. The summed E-state index contributed by atoms with van der Waals surface area (Å²) in [6.45, 7) is 0. The Morgan fingerprint density at radius 3 is 2.90 bits per heavy atom. The Balaban J connectivity index is 2.10. The van der Waals surface area contributed by atoms with E-state index in [2.05, 4.69) is 38.0 Å². The standard InChI is InChI=1S/C15H11BrN4/c16-14-13-6-5-9(17)8-20(13)15(19-14)11-7-18-12-4-2-1-3-10(11)12/h1-8,18H,17H2. The van der Waals surface area contributed by atoms with E-state index < -0.39 is 0 Å². The first kappa shape index (κ1) is 11.5. The largest absolute Gasteiger partial charge is 0.398 e. The number of aromatic nitrogens is 3. The number of para-hydroxylation sites is 1. The van der Waals surface area contributed by atoms with E-state index in [-0.39, 0.29) is 0 Å². The highest BCUT2D eigenvalue weighted by atomic mass is 79.9. The van der Waals surface area contributed by atoms with Gasteiger partial charge in [-0.25, -0.2) is 4.98 Å². The lowest BCUT2D eigenvalue weighted by molar-refractivity contribution is 1.17. The zero-order valence-corrected chi connectivity index (χ0v) is 12.1. The van der Waals surface area contributed by atoms with Crippen molar-refractivity contribution in [1.29, 1.82) is 0 Å². The van der Waals surface area contributed by atoms with Crippen molar-refractivity contribution in [2.45, 2.75) is 0 Å². The summed E-state index contributed by atoms with van der Waals surface area (Å²) in [5, 5.41) is 1.15. The fourth-order valence-corrected chi connectivity index (χ4v) is 3.00. The molecular weight excluding hydrogens is 316 g/mol. The minimum Gasteiger partial charge on any atom is -0.398 e. The number of nitrogens with zero attached hydrogens (tertiary/aromatic N) is 2. The smallest absolute Gasteiger partial charge is 0.148 e. The van der Waals surface area contributed by atoms with Crippen LogP contribution in [0.1, 0.15) is 0 Å². The lowest BCUT2D eigenvalue weighted by Gasteiger charge is -2.01. The number of rotatable bonds is 1. The van der Waals surface area contributed by atoms with Gasteiger partial charge in [0.15, 0.2) is 0 Å². The Morgan fingerprint density at radius 2 is 2.00 bits per heavy atom. The van der Waals surface area contributed by atoms with Gasteiger partial charge in [0.25, 0.3) is 0 Å². The molecule has 0 aliphatic heterocycles. The number of halogens is 1. The Labute approximate surface area is 123 Å². The third kappa shape index (κ3) is 1.56. The Morgan fingerprint density at radius 1 is 1.15 bits per heavy atom. The number of nitrogens with two attached hydrogens (primary N) is 1. The van der Waals surface area contributed by atoms with Crippen molar-refractivity contribution in [2.75, 3.05) is 5.73 Å². The van der Waals surface area contributed by atoms with Gasteiger partial charge in [0.05, 0.1) is 5.52 Å². The van der Waals surface area contributed by atoms with Crippen molar-refractivity contribution in [3.63, 3.8) is 0 Å². The molecule has 0 saturated heterocycles. The minimum absolute atomic E-state index is 0.712. The molecule has 1 aromatic carbocycles. The van der Waals surface area contributed by atoms with E-state index in [1.165, 1.54) is 0 Å². The molecule has 0 fully saturated rings. The molecule has 0 aliphatic rings. The van der Waals surface area contributed by atoms with Crippen LogP contribution in [-0.4, -0.2) is 14.4 Å². The van der Waals surface area contributed by atoms with Crippen LogP contribution in [0.2, 0.25) is 0 Å². The van der Waals surface area contributed by atoms with Gasteiger partial charge < -0.3 is 10.7 Å². The number of anilines is 1. The molecule has 0 radical (unpaired) electrons. The summed E-state index contributed by atoms with van der Waals surface area (Å²) in [6.07, 6.45) is 3.87. The second-order valence-corrected chi connectivity index (χ2v) is 5.44. The van der Waals surface area contributed by atoms with E-state index in [4.69, 9.17) is 5.73 Å². The number of aromatic amines is 1. The van der Waals surface area contributed by atoms with Gasteiger partial charge in [-0.2, -0.15) is 0 Å². The normalized spacial score (nSPS) is 11.4. The molecule has 0 unspecified atom stereocenters. The van der Waals surface area contributed by atoms with E-state index in [0.29, 0.717) is 5.69 Å². The lowest BCUT2D eigenvalue weighted by Crippen LogP contribution is -1.92. The first-order valence-corrected chi connectivity index (χ1v) is 7.03. The molecular formula is C15H11BrN4. The molecule has 98 valence electrons. The second kappa shape index (κ2) is 4.11. The predicted molar refractivity (Wildman–Crippen MR) is 84.6 cm³/mol. The van der Waals surface area contributed by atoms with Gasteiger partial charge in [-0.1, -0.05) is 18.2 Å². The van der Waals surface area contributed by atoms with Gasteiger partial charge in [-0.3, -0.25) is 4.40 Å². The summed E-state index contributed by atoms with van der Waals surface area (Å²) < 4.78 is 2.83. The van der Waals surface area contributed by atoms with Crippen LogP contribution >= 0.6 is 15.9 Å². The third-order valence-electron chi connectivity index (χ3n) is 3.45. The van der Waals surface area contributed by atoms with Crippen molar-refractivity contribution in [2.24, 2.45) is 0 Å². The summed E-state index contributed by atoms with van der Waals surface area (Å²) in [4.78, 5) is 7.90. The topological polar surface area (TPSA) is 59.1 Å². The van der Waals surface area contributed by atoms with Gasteiger partial charge >= 0.3 is 0 Å². The van der Waals surface area contributed by atoms with Crippen LogP contribution in [0.5, 0.6) is 0 Å². The average Bonchev–Trinajstić information content (AvgIpc) is 3.00. The van der Waals surface area contributed by atoms with Crippen molar-refractivity contribution in [3.8, 4) is 11.4 Å². The zero-order chi connectivity index (χ0) is 13.7. The fraction of sp³-hybridized carbons (Fsp3) is 0. The highest BCUT2D eigenvalue weighted by Gasteiger charge is 2.14. The monoisotopic (exact) mass is 326 g/mol. The number of fused-ring (bicyclic) bond motifs is 2. The molecule has 4 nitrogen and oxygen atoms in total. The van der Waals surface area contributed by atoms with E-state index in [9.17, 15) is 0 Å². The maximum Gasteiger partial charge on any atom is 0.148 e. The van der Waals surface area contributed by atoms with E-state index in [1.807, 2.05) is 41.1 Å². The van der Waals surface area contributed by atoms with Gasteiger partial charge in [0.1, 0.15) is 10.4 Å². The van der Waals surface area contributed by atoms with Gasteiger partial charge in [-0.15, -0.1) is 0 Å². The lowest BCUT2D eigenvalue weighted by atomic mass is 10.1. The summed E-state index contributed by atoms with van der Waals surface area (Å²) in [5.74, 6) is 0.872. The van der Waals surface area contributed by atoms with Crippen LogP contribution in [0, 0.1) is 0 Å². The third-order valence-corrected chi connectivity index (χ3v) is 4.03. The summed E-state index contributed by atoms with van der Waals surface area (Å²) in [6, 6.07) is 12.0. The van der Waals surface area contributed by atoms with Gasteiger partial charge in [0.2, 0.25) is 0 Å². The highest BCUT2D eigenvalue weighted by Crippen LogP contribution is 2.31. The van der Waals surface area contributed by atoms with Crippen molar-refractivity contribution >= 4 is 38.0 Å². The van der Waals surface area contributed by atoms with E-state index in [1.54, 1.807) is 0 Å². The molecule has 0 amide bonds. The molecule has 5 heteroatoms. The molecule has 0 spiro atoms. The average molecular weight is 327 g/mol. The maximum absolute atomic E-state index is 5.90. The van der Waals surface area contributed by atoms with Crippen LogP contribution in [0.25, 0.3) is 27.8 Å². The van der Waals surface area contributed by atoms with Crippen LogP contribution in [-0.2, 0) is 0 Å². The quantitative estimate of drug-likeness (QED) is 0.558. The molecule has 20 heavy (non-hydrogen) atoms.